The number of carbonyl (C=O) groups is 2. The van der Waals surface area contributed by atoms with Crippen LogP contribution in [0.1, 0.15) is 65.1 Å². The molecule has 1 spiro atoms. The maximum atomic E-state index is 14.7. The van der Waals surface area contributed by atoms with Crippen LogP contribution in [0.5, 0.6) is 5.75 Å². The fraction of sp³-hybridized carbons (Fsp3) is 0.439. The van der Waals surface area contributed by atoms with Crippen LogP contribution in [0.3, 0.4) is 0 Å². The Morgan fingerprint density at radius 3 is 2.38 bits per heavy atom. The molecule has 6 heterocycles. The molecule has 2 N–H and O–H groups in total. The molecule has 1 atom stereocenters. The summed E-state index contributed by atoms with van der Waals surface area (Å²) < 4.78 is 48.4. The second-order valence-electron chi connectivity index (χ2n) is 16.1. The van der Waals surface area contributed by atoms with Crippen LogP contribution in [0.25, 0.3) is 17.2 Å². The van der Waals surface area contributed by atoms with E-state index in [4.69, 9.17) is 26.4 Å². The molecule has 0 unspecified atom stereocenters. The van der Waals surface area contributed by atoms with E-state index in [2.05, 4.69) is 25.1 Å². The maximum Gasteiger partial charge on any atom is 0.416 e. The molecular formula is C41H42ClF3N10O5. The summed E-state index contributed by atoms with van der Waals surface area (Å²) in [7, 11) is 0. The van der Waals surface area contributed by atoms with Gasteiger partial charge in [-0.1, -0.05) is 18.5 Å². The van der Waals surface area contributed by atoms with Crippen LogP contribution in [0.4, 0.5) is 24.5 Å². The van der Waals surface area contributed by atoms with E-state index in [1.54, 1.807) is 16.4 Å². The monoisotopic (exact) mass is 846 g/mol. The number of aryl methyl sites for hydroxylation is 1. The number of ether oxygens (including phenoxy) is 1. The molecule has 314 valence electrons. The van der Waals surface area contributed by atoms with Gasteiger partial charge in [-0.25, -0.2) is 9.97 Å². The number of alkyl halides is 3. The Balaban J connectivity index is 1.05. The van der Waals surface area contributed by atoms with Gasteiger partial charge in [0.1, 0.15) is 12.9 Å². The van der Waals surface area contributed by atoms with Crippen LogP contribution in [-0.2, 0) is 27.7 Å². The lowest BCUT2D eigenvalue weighted by atomic mass is 9.73. The highest BCUT2D eigenvalue weighted by atomic mass is 35.5. The van der Waals surface area contributed by atoms with Gasteiger partial charge in [0.05, 0.1) is 41.2 Å². The summed E-state index contributed by atoms with van der Waals surface area (Å²) in [6, 6.07) is 11.0. The van der Waals surface area contributed by atoms with Crippen molar-refractivity contribution in [3.8, 4) is 17.1 Å². The van der Waals surface area contributed by atoms with Gasteiger partial charge >= 0.3 is 6.18 Å². The Labute approximate surface area is 346 Å². The van der Waals surface area contributed by atoms with Crippen molar-refractivity contribution in [1.29, 1.82) is 0 Å². The summed E-state index contributed by atoms with van der Waals surface area (Å²) >= 11 is 6.21. The second kappa shape index (κ2) is 15.1. The molecule has 0 bridgehead atoms. The number of nitrogens with one attached hydrogen (secondary N) is 1. The van der Waals surface area contributed by atoms with Crippen molar-refractivity contribution in [1.82, 2.24) is 38.9 Å². The highest BCUT2D eigenvalue weighted by Crippen LogP contribution is 2.50. The first kappa shape index (κ1) is 39.8. The zero-order chi connectivity index (χ0) is 42.1. The van der Waals surface area contributed by atoms with Gasteiger partial charge in [-0.05, 0) is 74.6 Å². The van der Waals surface area contributed by atoms with Crippen LogP contribution in [0.2, 0.25) is 5.02 Å². The third-order valence-electron chi connectivity index (χ3n) is 12.5. The van der Waals surface area contributed by atoms with Crippen molar-refractivity contribution >= 4 is 40.6 Å². The van der Waals surface area contributed by atoms with Gasteiger partial charge in [0, 0.05) is 67.2 Å². The standard InChI is InChI=1S/C41H42ClF3N10O5/c1-23-18-40(9-11-53(12-10-40)38(59)33-35(57)24(2)46-22-47-33)32-34(23)54(19-31(56)48-30-8-5-26(17-29(30)42)41(43,44)45)39-49-36(50-55(39)37(32)58)25-3-6-27(7-4-25)51-13-15-52(16-14-51)28-20-60-21-28/h3-8,17,22-23,28,57H,9-16,18-21H2,1-2H3,(H,48,56)/t23-/m0/s1. The molecule has 3 fully saturated rings. The predicted molar refractivity (Wildman–Crippen MR) is 214 cm³/mol. The number of anilines is 2. The molecule has 2 aromatic carbocycles. The molecule has 15 nitrogen and oxygen atoms in total. The van der Waals surface area contributed by atoms with Crippen molar-refractivity contribution < 1.29 is 32.6 Å². The average molecular weight is 847 g/mol. The Bertz CT molecular complexity index is 2560. The zero-order valence-corrected chi connectivity index (χ0v) is 33.6. The molecule has 0 saturated carbocycles. The van der Waals surface area contributed by atoms with E-state index in [1.165, 1.54) is 10.8 Å². The fourth-order valence-electron chi connectivity index (χ4n) is 9.24. The molecule has 2 amide bonds. The Morgan fingerprint density at radius 1 is 1.02 bits per heavy atom. The molecule has 3 aromatic heterocycles. The van der Waals surface area contributed by atoms with Crippen LogP contribution in [-0.4, -0.2) is 114 Å². The maximum absolute atomic E-state index is 14.7. The molecule has 4 aliphatic rings. The van der Waals surface area contributed by atoms with Gasteiger partial charge in [-0.2, -0.15) is 22.7 Å². The smallest absolute Gasteiger partial charge is 0.416 e. The van der Waals surface area contributed by atoms with Gasteiger partial charge in [-0.15, -0.1) is 5.10 Å². The average Bonchev–Trinajstić information content (AvgIpc) is 3.78. The van der Waals surface area contributed by atoms with Gasteiger partial charge in [0.25, 0.3) is 11.5 Å². The highest BCUT2D eigenvalue weighted by Gasteiger charge is 2.49. The van der Waals surface area contributed by atoms with Gasteiger partial charge < -0.3 is 29.5 Å². The third-order valence-corrected chi connectivity index (χ3v) is 12.8. The van der Waals surface area contributed by atoms with Gasteiger partial charge in [0.2, 0.25) is 11.7 Å². The largest absolute Gasteiger partial charge is 0.504 e. The summed E-state index contributed by atoms with van der Waals surface area (Å²) in [6.07, 6.45) is -2.00. The highest BCUT2D eigenvalue weighted by molar-refractivity contribution is 6.33. The number of likely N-dealkylation sites (tertiary alicyclic amines) is 1. The van der Waals surface area contributed by atoms with Gasteiger partial charge in [0.15, 0.2) is 17.3 Å². The number of aromatic hydroxyl groups is 1. The fourth-order valence-corrected chi connectivity index (χ4v) is 9.47. The van der Waals surface area contributed by atoms with Crippen molar-refractivity contribution in [3.63, 3.8) is 0 Å². The minimum Gasteiger partial charge on any atom is -0.504 e. The quantitative estimate of drug-likeness (QED) is 0.230. The number of hydrogen-bond acceptors (Lipinski definition) is 11. The van der Waals surface area contributed by atoms with E-state index in [9.17, 15) is 32.7 Å². The van der Waals surface area contributed by atoms with Gasteiger partial charge in [-0.3, -0.25) is 19.3 Å². The van der Waals surface area contributed by atoms with E-state index in [-0.39, 0.29) is 70.6 Å². The molecule has 0 radical (unpaired) electrons. The summed E-state index contributed by atoms with van der Waals surface area (Å²) in [5.74, 6) is -1.14. The van der Waals surface area contributed by atoms with Crippen molar-refractivity contribution in [3.05, 3.63) is 92.4 Å². The summed E-state index contributed by atoms with van der Waals surface area (Å²) in [4.78, 5) is 61.3. The Hall–Kier alpha value is -5.59. The Kier molecular flexibility index (Phi) is 10.1. The topological polar surface area (TPSA) is 163 Å². The number of fused-ring (bicyclic) bond motifs is 3. The lowest BCUT2D eigenvalue weighted by molar-refractivity contribution is -0.137. The van der Waals surface area contributed by atoms with Crippen molar-refractivity contribution in [2.45, 2.75) is 63.2 Å². The van der Waals surface area contributed by atoms with Crippen molar-refractivity contribution in [2.75, 3.05) is 62.7 Å². The molecule has 3 saturated heterocycles. The third kappa shape index (κ3) is 7.03. The van der Waals surface area contributed by atoms with E-state index in [1.807, 2.05) is 31.2 Å². The minimum atomic E-state index is -4.62. The minimum absolute atomic E-state index is 0.00410. The zero-order valence-electron chi connectivity index (χ0n) is 32.9. The molecule has 19 heteroatoms. The molecule has 60 heavy (non-hydrogen) atoms. The molecule has 5 aromatic rings. The molecule has 9 rings (SSSR count). The van der Waals surface area contributed by atoms with Crippen LogP contribution < -0.4 is 15.8 Å². The number of halogens is 4. The Morgan fingerprint density at radius 2 is 1.73 bits per heavy atom. The number of piperidine rings is 1. The van der Waals surface area contributed by atoms with Crippen LogP contribution >= 0.6 is 11.6 Å². The van der Waals surface area contributed by atoms with E-state index in [0.29, 0.717) is 42.1 Å². The lowest BCUT2D eigenvalue weighted by Crippen LogP contribution is -2.56. The number of carbonyl (C=O) groups excluding carboxylic acids is 2. The first-order valence-electron chi connectivity index (χ1n) is 19.9. The van der Waals surface area contributed by atoms with Crippen molar-refractivity contribution in [2.24, 2.45) is 0 Å². The summed E-state index contributed by atoms with van der Waals surface area (Å²) in [5.41, 5.74) is 0.982. The number of hydrogen-bond donors (Lipinski definition) is 2. The number of piperazine rings is 1. The number of benzene rings is 2. The normalized spacial score (nSPS) is 19.5. The SMILES string of the molecule is Cc1ncnc(C(=O)N2CCC3(CC2)C[C@H](C)c2c3c(=O)n3nc(-c4ccc(N5CCN(C6COC6)CC5)cc4)nc3n2CC(=O)Nc2ccc(C(F)(F)F)cc2Cl)c1O. The number of rotatable bonds is 7. The molecule has 3 aliphatic heterocycles. The second-order valence-corrected chi connectivity index (χ2v) is 16.5. The van der Waals surface area contributed by atoms with E-state index >= 15 is 0 Å². The van der Waals surface area contributed by atoms with E-state index in [0.717, 1.165) is 63.3 Å². The predicted octanol–water partition coefficient (Wildman–Crippen LogP) is 4.87. The lowest BCUT2D eigenvalue weighted by Gasteiger charge is -2.43. The molecule has 1 aliphatic carbocycles. The molecular weight excluding hydrogens is 805 g/mol. The first-order valence-corrected chi connectivity index (χ1v) is 20.3. The summed E-state index contributed by atoms with van der Waals surface area (Å²) in [5, 5.41) is 17.6. The first-order chi connectivity index (χ1) is 28.7. The summed E-state index contributed by atoms with van der Waals surface area (Å²) in [6.45, 7) is 8.96. The van der Waals surface area contributed by atoms with Crippen LogP contribution in [0.15, 0.2) is 53.6 Å². The number of nitrogens with zero attached hydrogens (tertiary/aromatic N) is 9. The van der Waals surface area contributed by atoms with E-state index < -0.39 is 29.0 Å². The number of aromatic nitrogens is 6. The number of amides is 2. The van der Waals surface area contributed by atoms with Crippen LogP contribution in [0, 0.1) is 6.92 Å².